The molecule has 0 aromatic heterocycles. The van der Waals surface area contributed by atoms with Crippen LogP contribution < -0.4 is 10.6 Å². The predicted molar refractivity (Wildman–Crippen MR) is 70.3 cm³/mol. The van der Waals surface area contributed by atoms with E-state index in [-0.39, 0.29) is 0 Å². The first-order valence-electron chi connectivity index (χ1n) is 7.06. The van der Waals surface area contributed by atoms with E-state index in [2.05, 4.69) is 22.6 Å². The molecule has 2 heterocycles. The van der Waals surface area contributed by atoms with Crippen LogP contribution in [-0.4, -0.2) is 63.9 Å². The first-order chi connectivity index (χ1) is 8.34. The number of hydrogen-bond acceptors (Lipinski definition) is 4. The zero-order valence-electron chi connectivity index (χ0n) is 11.1. The third kappa shape index (κ3) is 4.92. The second-order valence-electron chi connectivity index (χ2n) is 5.44. The van der Waals surface area contributed by atoms with Crippen molar-refractivity contribution in [3.8, 4) is 0 Å². The number of hydrogen-bond donors (Lipinski definition) is 2. The van der Waals surface area contributed by atoms with Crippen LogP contribution in [0.2, 0.25) is 0 Å². The van der Waals surface area contributed by atoms with Gasteiger partial charge in [0.1, 0.15) is 0 Å². The molecule has 2 aliphatic heterocycles. The fraction of sp³-hybridized carbons (Fsp3) is 1.00. The first-order valence-corrected chi connectivity index (χ1v) is 7.06. The number of morpholine rings is 1. The van der Waals surface area contributed by atoms with Crippen molar-refractivity contribution in [2.45, 2.75) is 25.4 Å². The molecule has 2 atom stereocenters. The third-order valence-corrected chi connectivity index (χ3v) is 3.87. The van der Waals surface area contributed by atoms with Crippen molar-refractivity contribution in [1.29, 1.82) is 0 Å². The highest BCUT2D eigenvalue weighted by Crippen LogP contribution is 2.16. The smallest absolute Gasteiger partial charge is 0.0712 e. The van der Waals surface area contributed by atoms with Gasteiger partial charge in [-0.3, -0.25) is 0 Å². The van der Waals surface area contributed by atoms with Crippen molar-refractivity contribution in [1.82, 2.24) is 15.5 Å². The van der Waals surface area contributed by atoms with E-state index >= 15 is 0 Å². The summed E-state index contributed by atoms with van der Waals surface area (Å²) in [5, 5.41) is 6.92. The van der Waals surface area contributed by atoms with Crippen molar-refractivity contribution >= 4 is 0 Å². The minimum atomic E-state index is 0.425. The summed E-state index contributed by atoms with van der Waals surface area (Å²) in [6, 6.07) is 0. The summed E-state index contributed by atoms with van der Waals surface area (Å²) < 4.78 is 5.66. The van der Waals surface area contributed by atoms with E-state index in [1.807, 2.05) is 0 Å². The Kier molecular flexibility index (Phi) is 5.71. The fourth-order valence-electron chi connectivity index (χ4n) is 2.76. The van der Waals surface area contributed by atoms with Gasteiger partial charge in [-0.2, -0.15) is 0 Å². The van der Waals surface area contributed by atoms with Gasteiger partial charge in [-0.05, 0) is 51.9 Å². The molecule has 2 aliphatic rings. The van der Waals surface area contributed by atoms with E-state index in [4.69, 9.17) is 4.74 Å². The average Bonchev–Trinajstić information content (AvgIpc) is 2.76. The molecule has 4 nitrogen and oxygen atoms in total. The Balaban J connectivity index is 1.43. The van der Waals surface area contributed by atoms with E-state index < -0.39 is 0 Å². The van der Waals surface area contributed by atoms with Crippen LogP contribution in [0.4, 0.5) is 0 Å². The molecule has 17 heavy (non-hydrogen) atoms. The molecule has 0 radical (unpaired) electrons. The largest absolute Gasteiger partial charge is 0.376 e. The summed E-state index contributed by atoms with van der Waals surface area (Å²) >= 11 is 0. The second kappa shape index (κ2) is 7.31. The molecule has 0 spiro atoms. The highest BCUT2D eigenvalue weighted by molar-refractivity contribution is 4.74. The molecule has 0 bridgehead atoms. The van der Waals surface area contributed by atoms with Gasteiger partial charge < -0.3 is 20.3 Å². The molecular weight excluding hydrogens is 214 g/mol. The van der Waals surface area contributed by atoms with Crippen LogP contribution in [0.3, 0.4) is 0 Å². The molecule has 100 valence electrons. The Labute approximate surface area is 105 Å². The second-order valence-corrected chi connectivity index (χ2v) is 5.44. The Morgan fingerprint density at radius 1 is 1.35 bits per heavy atom. The van der Waals surface area contributed by atoms with Crippen LogP contribution in [-0.2, 0) is 4.74 Å². The maximum Gasteiger partial charge on any atom is 0.0712 e. The lowest BCUT2D eigenvalue weighted by atomic mass is 10.1. The Hall–Kier alpha value is -0.160. The summed E-state index contributed by atoms with van der Waals surface area (Å²) in [6.07, 6.45) is 4.27. The van der Waals surface area contributed by atoms with Gasteiger partial charge in [0.15, 0.2) is 0 Å². The molecule has 2 unspecified atom stereocenters. The Bertz CT molecular complexity index is 200. The third-order valence-electron chi connectivity index (χ3n) is 3.87. The van der Waals surface area contributed by atoms with E-state index in [1.165, 1.54) is 32.5 Å². The molecule has 0 aromatic rings. The van der Waals surface area contributed by atoms with Crippen LogP contribution in [0.5, 0.6) is 0 Å². The van der Waals surface area contributed by atoms with Gasteiger partial charge in [0, 0.05) is 19.6 Å². The van der Waals surface area contributed by atoms with Crippen molar-refractivity contribution in [3.05, 3.63) is 0 Å². The van der Waals surface area contributed by atoms with Gasteiger partial charge in [0.2, 0.25) is 0 Å². The number of ether oxygens (including phenoxy) is 1. The fourth-order valence-corrected chi connectivity index (χ4v) is 2.76. The Morgan fingerprint density at radius 3 is 2.94 bits per heavy atom. The summed E-state index contributed by atoms with van der Waals surface area (Å²) in [6.45, 7) is 7.74. The standard InChI is InChI=1S/C13H27N3O/c1-16-8-4-12(11-16)2-5-14-6-3-13-10-15-7-9-17-13/h12-15H,2-11H2,1H3. The molecule has 2 rings (SSSR count). The zero-order chi connectivity index (χ0) is 11.9. The number of likely N-dealkylation sites (tertiary alicyclic amines) is 1. The number of nitrogens with one attached hydrogen (secondary N) is 2. The molecule has 0 saturated carbocycles. The van der Waals surface area contributed by atoms with Crippen LogP contribution in [0.25, 0.3) is 0 Å². The molecule has 0 aromatic carbocycles. The summed E-state index contributed by atoms with van der Waals surface area (Å²) in [7, 11) is 2.22. The van der Waals surface area contributed by atoms with Crippen molar-refractivity contribution in [2.75, 3.05) is 52.9 Å². The quantitative estimate of drug-likeness (QED) is 0.656. The molecule has 4 heteroatoms. The lowest BCUT2D eigenvalue weighted by Crippen LogP contribution is -2.40. The molecule has 0 amide bonds. The summed E-state index contributed by atoms with van der Waals surface area (Å²) in [4.78, 5) is 2.44. The van der Waals surface area contributed by atoms with Crippen LogP contribution in [0.15, 0.2) is 0 Å². The average molecular weight is 241 g/mol. The van der Waals surface area contributed by atoms with Crippen molar-refractivity contribution in [2.24, 2.45) is 5.92 Å². The van der Waals surface area contributed by atoms with Crippen molar-refractivity contribution < 1.29 is 4.74 Å². The number of rotatable bonds is 6. The maximum absolute atomic E-state index is 5.66. The van der Waals surface area contributed by atoms with Gasteiger partial charge in [0.25, 0.3) is 0 Å². The maximum atomic E-state index is 5.66. The topological polar surface area (TPSA) is 36.5 Å². The highest BCUT2D eigenvalue weighted by atomic mass is 16.5. The first kappa shape index (κ1) is 13.3. The van der Waals surface area contributed by atoms with Gasteiger partial charge in [-0.1, -0.05) is 0 Å². The molecule has 0 aliphatic carbocycles. The highest BCUT2D eigenvalue weighted by Gasteiger charge is 2.18. The van der Waals surface area contributed by atoms with E-state index in [0.29, 0.717) is 6.10 Å². The zero-order valence-corrected chi connectivity index (χ0v) is 11.1. The molecule has 2 fully saturated rings. The molecular formula is C13H27N3O. The van der Waals surface area contributed by atoms with Gasteiger partial charge in [-0.25, -0.2) is 0 Å². The number of nitrogens with zero attached hydrogens (tertiary/aromatic N) is 1. The Morgan fingerprint density at radius 2 is 2.24 bits per heavy atom. The minimum Gasteiger partial charge on any atom is -0.376 e. The van der Waals surface area contributed by atoms with Crippen LogP contribution in [0.1, 0.15) is 19.3 Å². The van der Waals surface area contributed by atoms with Crippen LogP contribution in [0, 0.1) is 5.92 Å². The lowest BCUT2D eigenvalue weighted by Gasteiger charge is -2.23. The van der Waals surface area contributed by atoms with E-state index in [0.717, 1.165) is 38.6 Å². The lowest BCUT2D eigenvalue weighted by molar-refractivity contribution is 0.0239. The van der Waals surface area contributed by atoms with Gasteiger partial charge >= 0.3 is 0 Å². The van der Waals surface area contributed by atoms with Gasteiger partial charge in [0.05, 0.1) is 12.7 Å². The van der Waals surface area contributed by atoms with Gasteiger partial charge in [-0.15, -0.1) is 0 Å². The summed E-state index contributed by atoms with van der Waals surface area (Å²) in [5.74, 6) is 0.917. The van der Waals surface area contributed by atoms with Crippen molar-refractivity contribution in [3.63, 3.8) is 0 Å². The monoisotopic (exact) mass is 241 g/mol. The molecule has 2 saturated heterocycles. The van der Waals surface area contributed by atoms with E-state index in [1.54, 1.807) is 0 Å². The van der Waals surface area contributed by atoms with E-state index in [9.17, 15) is 0 Å². The summed E-state index contributed by atoms with van der Waals surface area (Å²) in [5.41, 5.74) is 0. The normalized spacial score (nSPS) is 30.9. The minimum absolute atomic E-state index is 0.425. The predicted octanol–water partition coefficient (Wildman–Crippen LogP) is 0.296. The van der Waals surface area contributed by atoms with Crippen LogP contribution >= 0.6 is 0 Å². The molecule has 2 N–H and O–H groups in total. The SMILES string of the molecule is CN1CCC(CCNCCC2CNCCO2)C1.